The first-order valence-corrected chi connectivity index (χ1v) is 16.2. The van der Waals surface area contributed by atoms with Gasteiger partial charge in [-0.3, -0.25) is 9.69 Å². The molecule has 222 valence electrons. The van der Waals surface area contributed by atoms with Gasteiger partial charge in [0.15, 0.2) is 0 Å². The molecule has 0 fully saturated rings. The minimum absolute atomic E-state index is 0.239. The smallest absolute Gasteiger partial charge is 0.303 e. The van der Waals surface area contributed by atoms with Crippen LogP contribution in [-0.4, -0.2) is 35.6 Å². The monoisotopic (exact) mass is 592 g/mol. The van der Waals surface area contributed by atoms with E-state index < -0.39 is 5.97 Å². The van der Waals surface area contributed by atoms with Gasteiger partial charge in [0.25, 0.3) is 5.01 Å². The molecule has 1 N–H and O–H groups in total. The van der Waals surface area contributed by atoms with Gasteiger partial charge in [-0.25, -0.2) is 0 Å². The molecule has 0 unspecified atom stereocenters. The van der Waals surface area contributed by atoms with E-state index in [1.807, 2.05) is 11.3 Å². The van der Waals surface area contributed by atoms with Crippen LogP contribution in [0.5, 0.6) is 0 Å². The molecule has 0 saturated heterocycles. The summed E-state index contributed by atoms with van der Waals surface area (Å²) in [7, 11) is 2.15. The summed E-state index contributed by atoms with van der Waals surface area (Å²) in [6.45, 7) is 8.35. The highest BCUT2D eigenvalue weighted by atomic mass is 32.1. The molecule has 6 heteroatoms. The number of carbonyl (C=O) groups is 1. The van der Waals surface area contributed by atoms with Gasteiger partial charge in [-0.05, 0) is 72.5 Å². The second-order valence-corrected chi connectivity index (χ2v) is 12.1. The third-order valence-corrected chi connectivity index (χ3v) is 9.36. The van der Waals surface area contributed by atoms with Crippen molar-refractivity contribution in [2.45, 2.75) is 46.1 Å². The van der Waals surface area contributed by atoms with Crippen molar-refractivity contribution >= 4 is 50.4 Å². The second-order valence-electron chi connectivity index (χ2n) is 11.1. The molecule has 0 atom stereocenters. The molecule has 0 radical (unpaired) electrons. The number of allylic oxidation sites excluding steroid dienone is 4. The number of unbranched alkanes of at least 4 members (excludes halogenated alkanes) is 2. The van der Waals surface area contributed by atoms with Gasteiger partial charge in [-0.1, -0.05) is 86.2 Å². The van der Waals surface area contributed by atoms with Gasteiger partial charge in [0, 0.05) is 49.1 Å². The summed E-state index contributed by atoms with van der Waals surface area (Å²) in [6.07, 6.45) is 11.9. The van der Waals surface area contributed by atoms with Gasteiger partial charge in [0.2, 0.25) is 5.52 Å². The Balaban J connectivity index is 1.49. The molecule has 0 amide bonds. The Labute approximate surface area is 259 Å². The number of benzene rings is 3. The lowest BCUT2D eigenvalue weighted by atomic mass is 9.94. The number of para-hydroxylation sites is 2. The first kappa shape index (κ1) is 30.5. The fourth-order valence-electron chi connectivity index (χ4n) is 5.63. The molecule has 5 nitrogen and oxygen atoms in total. The summed E-state index contributed by atoms with van der Waals surface area (Å²) >= 11 is 1.81. The molecular weight excluding hydrogens is 550 g/mol. The van der Waals surface area contributed by atoms with Gasteiger partial charge < -0.3 is 10.0 Å². The van der Waals surface area contributed by atoms with Gasteiger partial charge in [-0.15, -0.1) is 0 Å². The minimum atomic E-state index is -0.718. The van der Waals surface area contributed by atoms with Crippen LogP contribution in [0, 0.1) is 0 Å². The Kier molecular flexibility index (Phi) is 10.2. The fraction of sp³-hybridized carbons (Fsp3) is 0.297. The highest BCUT2D eigenvalue weighted by molar-refractivity contribution is 7.18. The number of hydrogen-bond acceptors (Lipinski definition) is 4. The van der Waals surface area contributed by atoms with Crippen molar-refractivity contribution < 1.29 is 14.5 Å². The third kappa shape index (κ3) is 7.51. The number of hydrogen-bond donors (Lipinski definition) is 1. The molecule has 3 aromatic carbocycles. The first-order valence-electron chi connectivity index (χ1n) is 15.4. The Bertz CT molecular complexity index is 1640. The summed E-state index contributed by atoms with van der Waals surface area (Å²) in [5.41, 5.74) is 8.51. The molecule has 43 heavy (non-hydrogen) atoms. The third-order valence-electron chi connectivity index (χ3n) is 8.20. The molecule has 1 aliphatic heterocycles. The van der Waals surface area contributed by atoms with Crippen molar-refractivity contribution in [3.05, 3.63) is 113 Å². The van der Waals surface area contributed by atoms with Crippen molar-refractivity contribution in [2.75, 3.05) is 24.5 Å². The van der Waals surface area contributed by atoms with Gasteiger partial charge in [-0.2, -0.15) is 4.57 Å². The average Bonchev–Trinajstić information content (AvgIpc) is 3.35. The van der Waals surface area contributed by atoms with Crippen LogP contribution in [0.1, 0.15) is 61.2 Å². The van der Waals surface area contributed by atoms with Gasteiger partial charge >= 0.3 is 5.97 Å². The molecule has 0 saturated carbocycles. The minimum Gasteiger partial charge on any atom is -0.481 e. The quantitative estimate of drug-likeness (QED) is 0.126. The van der Waals surface area contributed by atoms with Crippen LogP contribution in [-0.2, 0) is 18.4 Å². The molecule has 4 aromatic rings. The lowest BCUT2D eigenvalue weighted by Gasteiger charge is -2.28. The molecule has 2 heterocycles. The Morgan fingerprint density at radius 2 is 1.70 bits per heavy atom. The maximum Gasteiger partial charge on any atom is 0.303 e. The molecule has 0 aliphatic carbocycles. The summed E-state index contributed by atoms with van der Waals surface area (Å²) < 4.78 is 3.56. The number of anilines is 1. The molecule has 5 rings (SSSR count). The van der Waals surface area contributed by atoms with E-state index in [0.717, 1.165) is 45.4 Å². The maximum atomic E-state index is 10.9. The molecule has 1 aliphatic rings. The van der Waals surface area contributed by atoms with Crippen LogP contribution in [0.2, 0.25) is 0 Å². The van der Waals surface area contributed by atoms with Crippen LogP contribution >= 0.6 is 11.3 Å². The van der Waals surface area contributed by atoms with E-state index in [0.29, 0.717) is 0 Å². The SMILES string of the molecule is CCN(CC)Cc1ccc(C(=C\c2sc3ccccc3[n+]2C)/C=C2\C=CN(CCCCCC(=O)O)c3ccccc32)cc1. The van der Waals surface area contributed by atoms with Crippen molar-refractivity contribution in [1.82, 2.24) is 4.90 Å². The summed E-state index contributed by atoms with van der Waals surface area (Å²) in [6, 6.07) is 26.2. The number of fused-ring (bicyclic) bond motifs is 2. The number of rotatable bonds is 13. The lowest BCUT2D eigenvalue weighted by Crippen LogP contribution is -2.28. The van der Waals surface area contributed by atoms with Crippen LogP contribution in [0.15, 0.2) is 91.1 Å². The zero-order valence-corrected chi connectivity index (χ0v) is 26.3. The number of nitrogens with zero attached hydrogens (tertiary/aromatic N) is 3. The highest BCUT2D eigenvalue weighted by Gasteiger charge is 2.19. The standard InChI is InChI=1S/C37H41N3O2S/c1-4-39(5-2)27-28-18-20-29(21-19-28)31(26-36-38(3)34-15-10-11-16-35(34)43-36)25-30-22-24-40(23-12-6-7-17-37(41)42)33-14-9-8-13-32(30)33/h8-11,13-16,18-22,24-26H,4-7,12,17,23,27H2,1-3H3/p+1. The van der Waals surface area contributed by atoms with Gasteiger partial charge in [0.05, 0.1) is 0 Å². The maximum absolute atomic E-state index is 10.9. The summed E-state index contributed by atoms with van der Waals surface area (Å²) in [5, 5.41) is 10.2. The lowest BCUT2D eigenvalue weighted by molar-refractivity contribution is -0.642. The van der Waals surface area contributed by atoms with E-state index in [1.165, 1.54) is 48.7 Å². The van der Waals surface area contributed by atoms with E-state index in [4.69, 9.17) is 5.11 Å². The average molecular weight is 593 g/mol. The van der Waals surface area contributed by atoms with Crippen molar-refractivity contribution in [3.8, 4) is 0 Å². The summed E-state index contributed by atoms with van der Waals surface area (Å²) in [5.74, 6) is -0.718. The number of carboxylic acid groups (broad SMARTS) is 1. The molecule has 0 spiro atoms. The number of aryl methyl sites for hydroxylation is 1. The zero-order valence-electron chi connectivity index (χ0n) is 25.5. The van der Waals surface area contributed by atoms with Crippen LogP contribution in [0.3, 0.4) is 0 Å². The second kappa shape index (κ2) is 14.5. The Morgan fingerprint density at radius 3 is 2.44 bits per heavy atom. The first-order chi connectivity index (χ1) is 21.0. The summed E-state index contributed by atoms with van der Waals surface area (Å²) in [4.78, 5) is 15.6. The predicted molar refractivity (Wildman–Crippen MR) is 181 cm³/mol. The van der Waals surface area contributed by atoms with E-state index in [9.17, 15) is 4.79 Å². The van der Waals surface area contributed by atoms with E-state index >= 15 is 0 Å². The zero-order chi connectivity index (χ0) is 30.2. The van der Waals surface area contributed by atoms with Crippen LogP contribution in [0.25, 0.3) is 27.4 Å². The molecule has 0 bridgehead atoms. The van der Waals surface area contributed by atoms with E-state index in [1.54, 1.807) is 0 Å². The number of carboxylic acids is 1. The molecule has 1 aromatic heterocycles. The van der Waals surface area contributed by atoms with E-state index in [2.05, 4.69) is 132 Å². The number of aromatic nitrogens is 1. The van der Waals surface area contributed by atoms with E-state index in [-0.39, 0.29) is 6.42 Å². The Morgan fingerprint density at radius 1 is 0.953 bits per heavy atom. The normalized spacial score (nSPS) is 14.2. The topological polar surface area (TPSA) is 47.7 Å². The molecular formula is C37H42N3O2S+. The van der Waals surface area contributed by atoms with Crippen molar-refractivity contribution in [3.63, 3.8) is 0 Å². The largest absolute Gasteiger partial charge is 0.481 e. The fourth-order valence-corrected chi connectivity index (χ4v) is 6.73. The highest BCUT2D eigenvalue weighted by Crippen LogP contribution is 2.36. The number of thiazole rings is 1. The van der Waals surface area contributed by atoms with Crippen molar-refractivity contribution in [1.29, 1.82) is 0 Å². The van der Waals surface area contributed by atoms with Gasteiger partial charge in [0.1, 0.15) is 11.7 Å². The predicted octanol–water partition coefficient (Wildman–Crippen LogP) is 8.17. The van der Waals surface area contributed by atoms with Crippen LogP contribution in [0.4, 0.5) is 5.69 Å². The number of aliphatic carboxylic acids is 1. The van der Waals surface area contributed by atoms with Crippen molar-refractivity contribution in [2.24, 2.45) is 7.05 Å². The Hall–Kier alpha value is -4.00. The van der Waals surface area contributed by atoms with Crippen LogP contribution < -0.4 is 9.47 Å².